The van der Waals surface area contributed by atoms with Crippen LogP contribution in [-0.2, 0) is 11.3 Å². The first-order chi connectivity index (χ1) is 8.63. The molecule has 0 saturated heterocycles. The number of benzene rings is 1. The van der Waals surface area contributed by atoms with Gasteiger partial charge < -0.3 is 14.9 Å². The molecule has 1 aliphatic carbocycles. The van der Waals surface area contributed by atoms with Crippen molar-refractivity contribution in [3.8, 4) is 0 Å². The lowest BCUT2D eigenvalue weighted by Crippen LogP contribution is -2.29. The predicted octanol–water partition coefficient (Wildman–Crippen LogP) is 2.29. The molecule has 2 aromatic rings. The molecular formula is C13H15N3OS. The second-order valence-corrected chi connectivity index (χ2v) is 5.27. The maximum Gasteiger partial charge on any atom is 0.240 e. The molecule has 0 spiro atoms. The van der Waals surface area contributed by atoms with E-state index in [-0.39, 0.29) is 5.91 Å². The van der Waals surface area contributed by atoms with E-state index in [2.05, 4.69) is 10.3 Å². The third-order valence-electron chi connectivity index (χ3n) is 3.17. The van der Waals surface area contributed by atoms with Crippen LogP contribution in [0.4, 0.5) is 0 Å². The van der Waals surface area contributed by atoms with Gasteiger partial charge in [0.05, 0.1) is 11.0 Å². The molecule has 2 N–H and O–H groups in total. The molecule has 1 saturated carbocycles. The van der Waals surface area contributed by atoms with Crippen LogP contribution in [0.1, 0.15) is 18.4 Å². The van der Waals surface area contributed by atoms with Crippen LogP contribution in [0.3, 0.4) is 0 Å². The number of nitrogens with one attached hydrogen (secondary N) is 2. The van der Waals surface area contributed by atoms with Gasteiger partial charge in [0, 0.05) is 6.04 Å². The van der Waals surface area contributed by atoms with E-state index in [1.54, 1.807) is 0 Å². The Morgan fingerprint density at radius 1 is 1.56 bits per heavy atom. The van der Waals surface area contributed by atoms with Gasteiger partial charge in [0.25, 0.3) is 0 Å². The van der Waals surface area contributed by atoms with E-state index in [1.807, 2.05) is 29.7 Å². The number of aromatic amines is 1. The van der Waals surface area contributed by atoms with Gasteiger partial charge in [0.1, 0.15) is 6.54 Å². The standard InChI is InChI=1S/C13H15N3OS/c1-8-2-5-11-10(6-8)15-13(18)16(11)7-12(17)14-9-3-4-9/h2,5-6,9H,3-4,7H2,1H3,(H,14,17)(H,15,18). The molecule has 1 aromatic carbocycles. The largest absolute Gasteiger partial charge is 0.352 e. The van der Waals surface area contributed by atoms with Crippen molar-refractivity contribution >= 4 is 29.2 Å². The Labute approximate surface area is 110 Å². The summed E-state index contributed by atoms with van der Waals surface area (Å²) < 4.78 is 2.45. The zero-order valence-electron chi connectivity index (χ0n) is 10.2. The van der Waals surface area contributed by atoms with Gasteiger partial charge in [-0.05, 0) is 49.7 Å². The number of hydrogen-bond acceptors (Lipinski definition) is 2. The molecule has 1 aromatic heterocycles. The number of amides is 1. The molecule has 3 rings (SSSR count). The Bertz CT molecular complexity index is 666. The van der Waals surface area contributed by atoms with E-state index in [1.165, 1.54) is 5.56 Å². The minimum Gasteiger partial charge on any atom is -0.352 e. The number of aromatic nitrogens is 2. The molecular weight excluding hydrogens is 246 g/mol. The first-order valence-corrected chi connectivity index (χ1v) is 6.53. The Hall–Kier alpha value is -1.62. The van der Waals surface area contributed by atoms with Crippen LogP contribution in [0.2, 0.25) is 0 Å². The summed E-state index contributed by atoms with van der Waals surface area (Å²) in [5.74, 6) is 0.0371. The molecule has 4 nitrogen and oxygen atoms in total. The minimum absolute atomic E-state index is 0.0371. The van der Waals surface area contributed by atoms with E-state index < -0.39 is 0 Å². The topological polar surface area (TPSA) is 49.8 Å². The normalized spacial score (nSPS) is 14.9. The Kier molecular flexibility index (Phi) is 2.70. The molecule has 0 unspecified atom stereocenters. The van der Waals surface area contributed by atoms with Crippen molar-refractivity contribution in [2.45, 2.75) is 32.4 Å². The molecule has 0 radical (unpaired) electrons. The summed E-state index contributed by atoms with van der Waals surface area (Å²) in [5.41, 5.74) is 3.14. The van der Waals surface area contributed by atoms with Crippen LogP contribution >= 0.6 is 12.2 Å². The Morgan fingerprint density at radius 2 is 2.33 bits per heavy atom. The van der Waals surface area contributed by atoms with Gasteiger partial charge in [0.2, 0.25) is 5.91 Å². The highest BCUT2D eigenvalue weighted by atomic mass is 32.1. The third kappa shape index (κ3) is 2.18. The van der Waals surface area contributed by atoms with E-state index in [9.17, 15) is 4.79 Å². The van der Waals surface area contributed by atoms with E-state index >= 15 is 0 Å². The highest BCUT2D eigenvalue weighted by Crippen LogP contribution is 2.19. The number of imidazole rings is 1. The highest BCUT2D eigenvalue weighted by Gasteiger charge is 2.23. The maximum absolute atomic E-state index is 11.8. The van der Waals surface area contributed by atoms with Gasteiger partial charge in [-0.15, -0.1) is 0 Å². The van der Waals surface area contributed by atoms with E-state index in [0.29, 0.717) is 17.4 Å². The van der Waals surface area contributed by atoms with Crippen molar-refractivity contribution in [2.75, 3.05) is 0 Å². The molecule has 1 amide bonds. The van der Waals surface area contributed by atoms with Gasteiger partial charge in [-0.3, -0.25) is 4.79 Å². The monoisotopic (exact) mass is 261 g/mol. The van der Waals surface area contributed by atoms with Crippen molar-refractivity contribution in [3.63, 3.8) is 0 Å². The Balaban J connectivity index is 1.92. The molecule has 0 atom stereocenters. The van der Waals surface area contributed by atoms with Crippen LogP contribution in [-0.4, -0.2) is 21.5 Å². The summed E-state index contributed by atoms with van der Waals surface area (Å²) in [6.45, 7) is 2.33. The molecule has 5 heteroatoms. The smallest absolute Gasteiger partial charge is 0.240 e. The minimum atomic E-state index is 0.0371. The molecule has 0 bridgehead atoms. The average molecular weight is 261 g/mol. The number of hydrogen-bond donors (Lipinski definition) is 2. The van der Waals surface area contributed by atoms with Crippen LogP contribution in [0.5, 0.6) is 0 Å². The van der Waals surface area contributed by atoms with Crippen LogP contribution in [0.25, 0.3) is 11.0 Å². The number of fused-ring (bicyclic) bond motifs is 1. The first kappa shape index (κ1) is 11.5. The Morgan fingerprint density at radius 3 is 3.06 bits per heavy atom. The number of carbonyl (C=O) groups is 1. The second-order valence-electron chi connectivity index (χ2n) is 4.88. The molecule has 1 aliphatic rings. The average Bonchev–Trinajstić information content (AvgIpc) is 3.05. The quantitative estimate of drug-likeness (QED) is 0.833. The number of rotatable bonds is 3. The molecule has 18 heavy (non-hydrogen) atoms. The van der Waals surface area contributed by atoms with Crippen LogP contribution in [0.15, 0.2) is 18.2 Å². The molecule has 0 aliphatic heterocycles. The number of aryl methyl sites for hydroxylation is 1. The summed E-state index contributed by atoms with van der Waals surface area (Å²) in [6, 6.07) is 6.46. The SMILES string of the molecule is Cc1ccc2c(c1)[nH]c(=S)n2CC(=O)NC1CC1. The second kappa shape index (κ2) is 4.24. The van der Waals surface area contributed by atoms with Gasteiger partial charge in [0.15, 0.2) is 4.77 Å². The van der Waals surface area contributed by atoms with Crippen molar-refractivity contribution < 1.29 is 4.79 Å². The fraction of sp³-hybridized carbons (Fsp3) is 0.385. The number of H-pyrrole nitrogens is 1. The lowest BCUT2D eigenvalue weighted by molar-refractivity contribution is -0.121. The summed E-state index contributed by atoms with van der Waals surface area (Å²) in [7, 11) is 0. The van der Waals surface area contributed by atoms with E-state index in [4.69, 9.17) is 12.2 Å². The first-order valence-electron chi connectivity index (χ1n) is 6.12. The van der Waals surface area contributed by atoms with Gasteiger partial charge in [-0.25, -0.2) is 0 Å². The summed E-state index contributed by atoms with van der Waals surface area (Å²) in [4.78, 5) is 15.0. The molecule has 1 heterocycles. The molecule has 94 valence electrons. The molecule has 1 fully saturated rings. The van der Waals surface area contributed by atoms with Crippen LogP contribution < -0.4 is 5.32 Å². The van der Waals surface area contributed by atoms with Crippen LogP contribution in [0, 0.1) is 11.7 Å². The van der Waals surface area contributed by atoms with Crippen molar-refractivity contribution in [1.29, 1.82) is 0 Å². The van der Waals surface area contributed by atoms with Crippen molar-refractivity contribution in [2.24, 2.45) is 0 Å². The van der Waals surface area contributed by atoms with Crippen molar-refractivity contribution in [1.82, 2.24) is 14.9 Å². The van der Waals surface area contributed by atoms with Gasteiger partial charge in [-0.1, -0.05) is 6.07 Å². The number of carbonyl (C=O) groups excluding carboxylic acids is 1. The van der Waals surface area contributed by atoms with E-state index in [0.717, 1.165) is 23.9 Å². The number of nitrogens with zero attached hydrogens (tertiary/aromatic N) is 1. The fourth-order valence-corrected chi connectivity index (χ4v) is 2.35. The summed E-state index contributed by atoms with van der Waals surface area (Å²) in [6.07, 6.45) is 2.20. The lowest BCUT2D eigenvalue weighted by atomic mass is 10.2. The van der Waals surface area contributed by atoms with Gasteiger partial charge in [-0.2, -0.15) is 0 Å². The summed E-state index contributed by atoms with van der Waals surface area (Å²) >= 11 is 5.27. The third-order valence-corrected chi connectivity index (χ3v) is 3.50. The fourth-order valence-electron chi connectivity index (χ4n) is 2.08. The zero-order valence-corrected chi connectivity index (χ0v) is 11.0. The van der Waals surface area contributed by atoms with Gasteiger partial charge >= 0.3 is 0 Å². The summed E-state index contributed by atoms with van der Waals surface area (Å²) in [5, 5.41) is 2.98. The predicted molar refractivity (Wildman–Crippen MR) is 73.0 cm³/mol. The lowest BCUT2D eigenvalue weighted by Gasteiger charge is -2.05. The maximum atomic E-state index is 11.8. The van der Waals surface area contributed by atoms with Crippen molar-refractivity contribution in [3.05, 3.63) is 28.5 Å². The zero-order chi connectivity index (χ0) is 12.7. The highest BCUT2D eigenvalue weighted by molar-refractivity contribution is 7.71.